The molecule has 0 heterocycles. The molecule has 1 amide bonds. The Hall–Kier alpha value is -0.490. The van der Waals surface area contributed by atoms with Gasteiger partial charge in [0.15, 0.2) is 0 Å². The molecule has 0 aromatic rings. The van der Waals surface area contributed by atoms with Crippen LogP contribution in [0.25, 0.3) is 0 Å². The number of amides is 1. The van der Waals surface area contributed by atoms with Crippen LogP contribution in [0.3, 0.4) is 0 Å². The van der Waals surface area contributed by atoms with Crippen molar-refractivity contribution >= 4 is 17.0 Å². The highest BCUT2D eigenvalue weighted by atomic mass is 32.2. The predicted octanol–water partition coefficient (Wildman–Crippen LogP) is 1.48. The Morgan fingerprint density at radius 1 is 0.857 bits per heavy atom. The second kappa shape index (κ2) is 21.2. The number of hydrogen-bond acceptors (Lipinski definition) is 8. The Labute approximate surface area is 172 Å². The van der Waals surface area contributed by atoms with Crippen LogP contribution in [0.15, 0.2) is 0 Å². The van der Waals surface area contributed by atoms with Crippen LogP contribution in [0.5, 0.6) is 0 Å². The number of hydrogen-bond donors (Lipinski definition) is 2. The lowest BCUT2D eigenvalue weighted by molar-refractivity contribution is -0.0145. The fraction of sp³-hybridized carbons (Fsp3) is 0.944. The van der Waals surface area contributed by atoms with E-state index in [2.05, 4.69) is 24.5 Å². The van der Waals surface area contributed by atoms with Gasteiger partial charge in [0.2, 0.25) is 0 Å². The molecular weight excluding hydrogens is 391 g/mol. The smallest absolute Gasteiger partial charge is 0.278 e. The minimum absolute atomic E-state index is 0.0437. The zero-order valence-corrected chi connectivity index (χ0v) is 18.2. The van der Waals surface area contributed by atoms with Gasteiger partial charge in [0, 0.05) is 12.6 Å². The molecule has 0 saturated heterocycles. The van der Waals surface area contributed by atoms with Crippen LogP contribution in [0.2, 0.25) is 0 Å². The third-order valence-electron chi connectivity index (χ3n) is 3.24. The van der Waals surface area contributed by atoms with Crippen LogP contribution < -0.4 is 10.6 Å². The van der Waals surface area contributed by atoms with E-state index in [1.165, 1.54) is 0 Å². The molecular formula is C18H37FN2O6S. The molecule has 0 aliphatic heterocycles. The van der Waals surface area contributed by atoms with Gasteiger partial charge in [-0.25, -0.2) is 4.39 Å². The highest BCUT2D eigenvalue weighted by Gasteiger charge is 2.08. The van der Waals surface area contributed by atoms with Gasteiger partial charge in [-0.05, 0) is 6.26 Å². The molecule has 8 nitrogen and oxygen atoms in total. The molecule has 1 unspecified atom stereocenters. The van der Waals surface area contributed by atoms with Crippen LogP contribution >= 0.6 is 11.8 Å². The topological polar surface area (TPSA) is 87.3 Å². The molecule has 0 spiro atoms. The van der Waals surface area contributed by atoms with Gasteiger partial charge in [-0.1, -0.05) is 25.6 Å². The summed E-state index contributed by atoms with van der Waals surface area (Å²) in [5.41, 5.74) is 0. The Kier molecular flexibility index (Phi) is 20.9. The summed E-state index contributed by atoms with van der Waals surface area (Å²) >= 11 is 1.01. The van der Waals surface area contributed by atoms with Gasteiger partial charge in [0.05, 0.1) is 72.6 Å². The number of halogens is 1. The number of ether oxygens (including phenoxy) is 5. The van der Waals surface area contributed by atoms with E-state index in [-0.39, 0.29) is 18.4 Å². The Balaban J connectivity index is 3.13. The average Bonchev–Trinajstić information content (AvgIpc) is 2.68. The number of carbonyl (C=O) groups is 1. The van der Waals surface area contributed by atoms with Crippen molar-refractivity contribution in [2.24, 2.45) is 0 Å². The van der Waals surface area contributed by atoms with Crippen molar-refractivity contribution in [3.8, 4) is 0 Å². The van der Waals surface area contributed by atoms with Crippen molar-refractivity contribution in [3.63, 3.8) is 0 Å². The van der Waals surface area contributed by atoms with Crippen molar-refractivity contribution < 1.29 is 32.9 Å². The van der Waals surface area contributed by atoms with Crippen LogP contribution in [0.4, 0.5) is 9.18 Å². The Bertz CT molecular complexity index is 356. The quantitative estimate of drug-likeness (QED) is 0.282. The summed E-state index contributed by atoms with van der Waals surface area (Å²) in [6, 6.07) is 0.473. The molecule has 2 N–H and O–H groups in total. The second-order valence-corrected chi connectivity index (χ2v) is 6.88. The molecule has 0 aromatic carbocycles. The lowest BCUT2D eigenvalue weighted by atomic mass is 10.4. The van der Waals surface area contributed by atoms with E-state index in [9.17, 15) is 9.18 Å². The average molecular weight is 429 g/mol. The molecule has 0 saturated carbocycles. The summed E-state index contributed by atoms with van der Waals surface area (Å²) < 4.78 is 40.0. The van der Waals surface area contributed by atoms with Crippen molar-refractivity contribution in [1.82, 2.24) is 10.6 Å². The minimum atomic E-state index is -1.22. The van der Waals surface area contributed by atoms with Crippen LogP contribution in [-0.4, -0.2) is 103 Å². The Morgan fingerprint density at radius 2 is 1.32 bits per heavy atom. The van der Waals surface area contributed by atoms with E-state index < -0.39 is 6.17 Å². The molecule has 0 radical (unpaired) electrons. The molecule has 168 valence electrons. The summed E-state index contributed by atoms with van der Waals surface area (Å²) in [6.07, 6.45) is 0.415. The van der Waals surface area contributed by atoms with Gasteiger partial charge >= 0.3 is 0 Å². The second-order valence-electron chi connectivity index (χ2n) is 6.10. The summed E-state index contributed by atoms with van der Waals surface area (Å²) in [4.78, 5) is 11.0. The van der Waals surface area contributed by atoms with E-state index in [4.69, 9.17) is 23.7 Å². The molecule has 0 bridgehead atoms. The first kappa shape index (κ1) is 27.5. The van der Waals surface area contributed by atoms with E-state index in [0.29, 0.717) is 65.5 Å². The maximum atomic E-state index is 13.4. The fourth-order valence-corrected chi connectivity index (χ4v) is 2.06. The molecule has 1 atom stereocenters. The molecule has 0 aliphatic carbocycles. The summed E-state index contributed by atoms with van der Waals surface area (Å²) in [7, 11) is 0. The van der Waals surface area contributed by atoms with E-state index >= 15 is 0 Å². The van der Waals surface area contributed by atoms with Crippen molar-refractivity contribution in [3.05, 3.63) is 0 Å². The normalized spacial score (nSPS) is 12.5. The third kappa shape index (κ3) is 21.8. The van der Waals surface area contributed by atoms with E-state index in [1.54, 1.807) is 6.26 Å². The molecule has 10 heteroatoms. The van der Waals surface area contributed by atoms with E-state index in [0.717, 1.165) is 18.3 Å². The molecule has 0 aliphatic rings. The first-order valence-electron chi connectivity index (χ1n) is 9.64. The van der Waals surface area contributed by atoms with Crippen LogP contribution in [0, 0.1) is 0 Å². The van der Waals surface area contributed by atoms with Gasteiger partial charge < -0.3 is 34.3 Å². The monoisotopic (exact) mass is 428 g/mol. The van der Waals surface area contributed by atoms with Crippen LogP contribution in [-0.2, 0) is 23.7 Å². The first-order chi connectivity index (χ1) is 13.6. The van der Waals surface area contributed by atoms with Gasteiger partial charge in [-0.15, -0.1) is 0 Å². The highest BCUT2D eigenvalue weighted by molar-refractivity contribution is 8.12. The standard InChI is InChI=1S/C18H37FN2O6S/c1-16(2)20-4-5-23-6-7-24-8-9-25-10-11-26-12-13-27-15-17(19)14-21-18(22)28-3/h16-17,20H,4-15H2,1-3H3,(H,21,22). The minimum Gasteiger partial charge on any atom is -0.378 e. The SMILES string of the molecule is CSC(=O)NCC(F)COCCOCCOCCOCCOCCNC(C)C. The maximum Gasteiger partial charge on any atom is 0.278 e. The third-order valence-corrected chi connectivity index (χ3v) is 3.75. The van der Waals surface area contributed by atoms with Gasteiger partial charge in [0.1, 0.15) is 6.17 Å². The number of alkyl halides is 1. The summed E-state index contributed by atoms with van der Waals surface area (Å²) in [5.74, 6) is 0. The predicted molar refractivity (Wildman–Crippen MR) is 109 cm³/mol. The van der Waals surface area contributed by atoms with Crippen molar-refractivity contribution in [2.45, 2.75) is 26.1 Å². The number of nitrogens with one attached hydrogen (secondary N) is 2. The maximum absolute atomic E-state index is 13.4. The van der Waals surface area contributed by atoms with Gasteiger partial charge in [0.25, 0.3) is 5.24 Å². The lowest BCUT2D eigenvalue weighted by Crippen LogP contribution is -2.30. The molecule has 0 rings (SSSR count). The van der Waals surface area contributed by atoms with Crippen molar-refractivity contribution in [2.75, 3.05) is 85.4 Å². The van der Waals surface area contributed by atoms with E-state index in [1.807, 2.05) is 0 Å². The molecule has 0 fully saturated rings. The Morgan fingerprint density at radius 3 is 1.79 bits per heavy atom. The highest BCUT2D eigenvalue weighted by Crippen LogP contribution is 1.96. The first-order valence-corrected chi connectivity index (χ1v) is 10.9. The molecule has 28 heavy (non-hydrogen) atoms. The number of rotatable bonds is 20. The summed E-state index contributed by atoms with van der Waals surface area (Å²) in [5, 5.41) is 5.46. The summed E-state index contributed by atoms with van der Waals surface area (Å²) in [6.45, 7) is 9.33. The lowest BCUT2D eigenvalue weighted by Gasteiger charge is -2.10. The largest absolute Gasteiger partial charge is 0.378 e. The van der Waals surface area contributed by atoms with Gasteiger partial charge in [-0.3, -0.25) is 4.79 Å². The molecule has 0 aromatic heterocycles. The van der Waals surface area contributed by atoms with Gasteiger partial charge in [-0.2, -0.15) is 0 Å². The number of carbonyl (C=O) groups excluding carboxylic acids is 1. The fourth-order valence-electron chi connectivity index (χ4n) is 1.84. The van der Waals surface area contributed by atoms with Crippen LogP contribution in [0.1, 0.15) is 13.8 Å². The van der Waals surface area contributed by atoms with Crippen molar-refractivity contribution in [1.29, 1.82) is 0 Å². The number of thioether (sulfide) groups is 1. The zero-order valence-electron chi connectivity index (χ0n) is 17.4. The zero-order chi connectivity index (χ0) is 20.9.